The maximum atomic E-state index is 12.3. The number of rotatable bonds is 4. The van der Waals surface area contributed by atoms with Crippen LogP contribution in [0.4, 0.5) is 10.7 Å². The van der Waals surface area contributed by atoms with Gasteiger partial charge in [0.25, 0.3) is 0 Å². The fourth-order valence-corrected chi connectivity index (χ4v) is 3.85. The van der Waals surface area contributed by atoms with Gasteiger partial charge in [-0.2, -0.15) is 10.1 Å². The Hall–Kier alpha value is -3.89. The van der Waals surface area contributed by atoms with Crippen molar-refractivity contribution in [2.24, 2.45) is 0 Å². The number of nitrogens with zero attached hydrogens (tertiary/aromatic N) is 6. The van der Waals surface area contributed by atoms with Crippen LogP contribution in [0, 0.1) is 6.92 Å². The SMILES string of the molecule is COc1cc(C2=CCN(C(=O)OC(C)(C)C)CC2)cnc1Cn1nc(C)c2nc(N)nc(O)c21. The van der Waals surface area contributed by atoms with E-state index in [-0.39, 0.29) is 24.5 Å². The molecule has 0 radical (unpaired) electrons. The van der Waals surface area contributed by atoms with E-state index >= 15 is 0 Å². The Labute approximate surface area is 197 Å². The molecule has 1 amide bonds. The largest absolute Gasteiger partial charge is 0.495 e. The number of anilines is 1. The number of aryl methyl sites for hydroxylation is 1. The van der Waals surface area contributed by atoms with Crippen LogP contribution in [0.25, 0.3) is 16.6 Å². The molecule has 0 aromatic carbocycles. The van der Waals surface area contributed by atoms with Crippen molar-refractivity contribution in [1.82, 2.24) is 29.6 Å². The van der Waals surface area contributed by atoms with Crippen molar-refractivity contribution in [3.8, 4) is 11.6 Å². The van der Waals surface area contributed by atoms with Gasteiger partial charge < -0.3 is 25.2 Å². The summed E-state index contributed by atoms with van der Waals surface area (Å²) in [6.45, 7) is 8.63. The number of ether oxygens (including phenoxy) is 2. The number of aromatic nitrogens is 5. The highest BCUT2D eigenvalue weighted by atomic mass is 16.6. The normalized spacial score (nSPS) is 14.3. The third-order valence-electron chi connectivity index (χ3n) is 5.44. The zero-order valence-corrected chi connectivity index (χ0v) is 20.0. The monoisotopic (exact) mass is 467 g/mol. The van der Waals surface area contributed by atoms with Gasteiger partial charge in [0.05, 0.1) is 19.3 Å². The van der Waals surface area contributed by atoms with Crippen molar-refractivity contribution in [1.29, 1.82) is 0 Å². The number of nitrogen functional groups attached to an aromatic ring is 1. The molecule has 180 valence electrons. The van der Waals surface area contributed by atoms with Gasteiger partial charge in [-0.25, -0.2) is 9.78 Å². The van der Waals surface area contributed by atoms with E-state index in [1.165, 1.54) is 0 Å². The number of carbonyl (C=O) groups excluding carboxylic acids is 1. The first kappa shape index (κ1) is 23.3. The fourth-order valence-electron chi connectivity index (χ4n) is 3.85. The van der Waals surface area contributed by atoms with E-state index in [4.69, 9.17) is 15.2 Å². The Morgan fingerprint density at radius 1 is 1.29 bits per heavy atom. The Morgan fingerprint density at radius 2 is 2.06 bits per heavy atom. The molecular formula is C23H29N7O4. The summed E-state index contributed by atoms with van der Waals surface area (Å²) in [7, 11) is 1.58. The Kier molecular flexibility index (Phi) is 6.03. The van der Waals surface area contributed by atoms with E-state index in [9.17, 15) is 9.90 Å². The Morgan fingerprint density at radius 3 is 2.71 bits per heavy atom. The van der Waals surface area contributed by atoms with Crippen molar-refractivity contribution in [3.63, 3.8) is 0 Å². The molecule has 1 aliphatic rings. The Bertz CT molecular complexity index is 1280. The van der Waals surface area contributed by atoms with Gasteiger partial charge in [0.15, 0.2) is 0 Å². The standard InChI is InChI=1S/C23H29N7O4/c1-13-18-19(20(31)27-21(24)26-18)30(28-13)12-16-17(33-5)10-15(11-25-16)14-6-8-29(9-7-14)22(32)34-23(2,3)4/h6,10-11H,7-9,12H2,1-5H3,(H3,24,26,27,31). The van der Waals surface area contributed by atoms with Crippen LogP contribution in [0.15, 0.2) is 18.3 Å². The molecule has 11 nitrogen and oxygen atoms in total. The van der Waals surface area contributed by atoms with Crippen molar-refractivity contribution in [2.75, 3.05) is 25.9 Å². The maximum absolute atomic E-state index is 12.3. The molecule has 1 aliphatic heterocycles. The number of amides is 1. The number of methoxy groups -OCH3 is 1. The van der Waals surface area contributed by atoms with Gasteiger partial charge in [-0.15, -0.1) is 0 Å². The molecule has 3 aromatic rings. The minimum absolute atomic E-state index is 0.0151. The molecule has 0 saturated carbocycles. The minimum atomic E-state index is -0.526. The van der Waals surface area contributed by atoms with Crippen molar-refractivity contribution in [2.45, 2.75) is 46.3 Å². The summed E-state index contributed by atoms with van der Waals surface area (Å²) in [4.78, 5) is 26.6. The third-order valence-corrected chi connectivity index (χ3v) is 5.44. The van der Waals surface area contributed by atoms with Crippen LogP contribution in [0.5, 0.6) is 11.6 Å². The van der Waals surface area contributed by atoms with Gasteiger partial charge in [-0.3, -0.25) is 9.67 Å². The van der Waals surface area contributed by atoms with Gasteiger partial charge in [0, 0.05) is 19.3 Å². The van der Waals surface area contributed by atoms with Gasteiger partial charge in [0.2, 0.25) is 11.8 Å². The van der Waals surface area contributed by atoms with Crippen molar-refractivity contribution in [3.05, 3.63) is 35.3 Å². The van der Waals surface area contributed by atoms with Crippen LogP contribution in [0.2, 0.25) is 0 Å². The molecule has 0 aliphatic carbocycles. The molecule has 34 heavy (non-hydrogen) atoms. The molecule has 3 aromatic heterocycles. The summed E-state index contributed by atoms with van der Waals surface area (Å²) in [5, 5.41) is 14.8. The van der Waals surface area contributed by atoms with Crippen LogP contribution in [-0.2, 0) is 11.3 Å². The average Bonchev–Trinajstić information content (AvgIpc) is 3.08. The lowest BCUT2D eigenvalue weighted by Gasteiger charge is -2.29. The first-order valence-electron chi connectivity index (χ1n) is 11.0. The summed E-state index contributed by atoms with van der Waals surface area (Å²) < 4.78 is 12.6. The molecule has 3 N–H and O–H groups in total. The average molecular weight is 468 g/mol. The second-order valence-electron chi connectivity index (χ2n) is 9.12. The molecular weight excluding hydrogens is 438 g/mol. The molecule has 4 rings (SSSR count). The van der Waals surface area contributed by atoms with Crippen LogP contribution in [0.1, 0.15) is 44.1 Å². The first-order valence-corrected chi connectivity index (χ1v) is 11.0. The molecule has 0 fully saturated rings. The Balaban J connectivity index is 1.56. The lowest BCUT2D eigenvalue weighted by atomic mass is 10.0. The van der Waals surface area contributed by atoms with Crippen LogP contribution in [-0.4, -0.2) is 66.6 Å². The summed E-state index contributed by atoms with van der Waals surface area (Å²) in [5.74, 6) is 0.337. The fraction of sp³-hybridized carbons (Fsp3) is 0.435. The molecule has 0 atom stereocenters. The predicted octanol–water partition coefficient (Wildman–Crippen LogP) is 2.90. The number of pyridine rings is 1. The lowest BCUT2D eigenvalue weighted by molar-refractivity contribution is 0.0270. The summed E-state index contributed by atoms with van der Waals surface area (Å²) in [5.41, 5.74) is 9.27. The van der Waals surface area contributed by atoms with E-state index in [0.717, 1.165) is 11.1 Å². The van der Waals surface area contributed by atoms with Crippen molar-refractivity contribution >= 4 is 28.6 Å². The molecule has 4 heterocycles. The highest BCUT2D eigenvalue weighted by Crippen LogP contribution is 2.30. The van der Waals surface area contributed by atoms with Gasteiger partial charge in [0.1, 0.15) is 28.1 Å². The molecule has 0 bridgehead atoms. The number of carbonyl (C=O) groups is 1. The second-order valence-corrected chi connectivity index (χ2v) is 9.12. The number of aromatic hydroxyl groups is 1. The first-order chi connectivity index (χ1) is 16.1. The van der Waals surface area contributed by atoms with Crippen LogP contribution in [0.3, 0.4) is 0 Å². The lowest BCUT2D eigenvalue weighted by Crippen LogP contribution is -2.39. The highest BCUT2D eigenvalue weighted by Gasteiger charge is 2.24. The van der Waals surface area contributed by atoms with E-state index < -0.39 is 5.60 Å². The second kappa shape index (κ2) is 8.81. The van der Waals surface area contributed by atoms with Gasteiger partial charge in [-0.05, 0) is 51.3 Å². The molecule has 0 saturated heterocycles. The molecule has 0 unspecified atom stereocenters. The summed E-state index contributed by atoms with van der Waals surface area (Å²) in [6.07, 6.45) is 4.15. The minimum Gasteiger partial charge on any atom is -0.495 e. The third kappa shape index (κ3) is 4.73. The maximum Gasteiger partial charge on any atom is 0.410 e. The summed E-state index contributed by atoms with van der Waals surface area (Å²) in [6, 6.07) is 1.92. The van der Waals surface area contributed by atoms with E-state index in [1.54, 1.807) is 29.8 Å². The topological polar surface area (TPSA) is 142 Å². The van der Waals surface area contributed by atoms with Crippen molar-refractivity contribution < 1.29 is 19.4 Å². The smallest absolute Gasteiger partial charge is 0.410 e. The van der Waals surface area contributed by atoms with E-state index in [0.29, 0.717) is 47.7 Å². The van der Waals surface area contributed by atoms with Crippen LogP contribution >= 0.6 is 0 Å². The van der Waals surface area contributed by atoms with E-state index in [1.807, 2.05) is 32.9 Å². The van der Waals surface area contributed by atoms with Gasteiger partial charge in [-0.1, -0.05) is 6.08 Å². The van der Waals surface area contributed by atoms with E-state index in [2.05, 4.69) is 20.1 Å². The van der Waals surface area contributed by atoms with Gasteiger partial charge >= 0.3 is 6.09 Å². The summed E-state index contributed by atoms with van der Waals surface area (Å²) >= 11 is 0. The molecule has 11 heteroatoms. The highest BCUT2D eigenvalue weighted by molar-refractivity contribution is 5.83. The number of nitrogens with two attached hydrogens (primary N) is 1. The predicted molar refractivity (Wildman–Crippen MR) is 126 cm³/mol. The molecule has 0 spiro atoms. The quantitative estimate of drug-likeness (QED) is 0.592. The zero-order valence-electron chi connectivity index (χ0n) is 20.0. The zero-order chi connectivity index (χ0) is 24.6. The van der Waals surface area contributed by atoms with Crippen LogP contribution < -0.4 is 10.5 Å². The number of fused-ring (bicyclic) bond motifs is 1. The number of hydrogen-bond donors (Lipinski definition) is 2. The number of hydrogen-bond acceptors (Lipinski definition) is 9.